The summed E-state index contributed by atoms with van der Waals surface area (Å²) < 4.78 is 35.4. The minimum Gasteiger partial charge on any atom is -0.479 e. The lowest BCUT2D eigenvalue weighted by Crippen LogP contribution is -2.59. The summed E-state index contributed by atoms with van der Waals surface area (Å²) in [5, 5.41) is 25.0. The molecule has 0 rings (SSSR count). The molecule has 2 unspecified atom stereocenters. The maximum atomic E-state index is 11.8. The molecule has 0 spiro atoms. The highest BCUT2D eigenvalue weighted by Gasteiger charge is 2.63. The number of alkyl halides is 3. The number of rotatable bonds is 2. The summed E-state index contributed by atoms with van der Waals surface area (Å²) in [5.41, 5.74) is -4.09. The van der Waals surface area contributed by atoms with Crippen molar-refractivity contribution in [3.05, 3.63) is 0 Å². The lowest BCUT2D eigenvalue weighted by molar-refractivity contribution is -0.282. The smallest absolute Gasteiger partial charge is 0.430 e. The van der Waals surface area contributed by atoms with E-state index < -0.39 is 23.9 Å². The Labute approximate surface area is 65.2 Å². The van der Waals surface area contributed by atoms with E-state index in [4.69, 9.17) is 15.3 Å². The second-order valence-electron chi connectivity index (χ2n) is 2.25. The Hall–Kier alpha value is -0.820. The van der Waals surface area contributed by atoms with Crippen LogP contribution in [0.25, 0.3) is 0 Å². The zero-order valence-corrected chi connectivity index (χ0v) is 5.96. The number of aliphatic hydroxyl groups is 2. The van der Waals surface area contributed by atoms with Crippen LogP contribution in [-0.2, 0) is 4.79 Å². The van der Waals surface area contributed by atoms with Gasteiger partial charge in [0.15, 0.2) is 0 Å². The second kappa shape index (κ2) is 2.91. The molecule has 0 aromatic carbocycles. The molecule has 0 heterocycles. The number of hydrogen-bond acceptors (Lipinski definition) is 3. The van der Waals surface area contributed by atoms with Crippen LogP contribution in [0.2, 0.25) is 0 Å². The van der Waals surface area contributed by atoms with Gasteiger partial charge in [0, 0.05) is 0 Å². The van der Waals surface area contributed by atoms with E-state index in [2.05, 4.69) is 0 Å². The van der Waals surface area contributed by atoms with Crippen LogP contribution < -0.4 is 0 Å². The highest BCUT2D eigenvalue weighted by molar-refractivity contribution is 5.79. The van der Waals surface area contributed by atoms with Gasteiger partial charge in [0.1, 0.15) is 6.10 Å². The molecule has 3 N–H and O–H groups in total. The zero-order valence-electron chi connectivity index (χ0n) is 5.96. The Morgan fingerprint density at radius 1 is 1.42 bits per heavy atom. The van der Waals surface area contributed by atoms with E-state index in [9.17, 15) is 18.0 Å². The number of halogens is 3. The predicted octanol–water partition coefficient (Wildman–Crippen LogP) is -0.255. The average Bonchev–Trinajstić information content (AvgIpc) is 1.82. The molecule has 0 aliphatic heterocycles. The molecule has 2 atom stereocenters. The molecular weight excluding hydrogens is 181 g/mol. The van der Waals surface area contributed by atoms with E-state index in [1.807, 2.05) is 0 Å². The molecule has 0 fully saturated rings. The van der Waals surface area contributed by atoms with Crippen molar-refractivity contribution < 1.29 is 33.3 Å². The standard InChI is InChI=1S/C5H7F3O4/c1-2(9)4(12,3(10)11)5(6,7)8/h2,9,12H,1H3,(H,10,11). The molecule has 0 saturated carbocycles. The highest BCUT2D eigenvalue weighted by atomic mass is 19.4. The normalized spacial score (nSPS) is 19.8. The van der Waals surface area contributed by atoms with E-state index in [1.54, 1.807) is 0 Å². The SMILES string of the molecule is CC(O)C(O)(C(=O)O)C(F)(F)F. The van der Waals surface area contributed by atoms with Crippen LogP contribution in [0.1, 0.15) is 6.92 Å². The number of aliphatic carboxylic acids is 1. The topological polar surface area (TPSA) is 77.8 Å². The third-order valence-electron chi connectivity index (χ3n) is 1.36. The number of aliphatic hydroxyl groups excluding tert-OH is 1. The van der Waals surface area contributed by atoms with Crippen LogP contribution in [0, 0.1) is 0 Å². The van der Waals surface area contributed by atoms with Crippen molar-refractivity contribution in [3.8, 4) is 0 Å². The van der Waals surface area contributed by atoms with E-state index >= 15 is 0 Å². The minimum atomic E-state index is -5.40. The van der Waals surface area contributed by atoms with Crippen LogP contribution in [0.5, 0.6) is 0 Å². The third kappa shape index (κ3) is 1.51. The molecule has 0 aromatic rings. The molecule has 0 saturated heterocycles. The third-order valence-corrected chi connectivity index (χ3v) is 1.36. The van der Waals surface area contributed by atoms with Gasteiger partial charge in [-0.1, -0.05) is 0 Å². The van der Waals surface area contributed by atoms with Crippen LogP contribution in [-0.4, -0.2) is 39.2 Å². The molecule has 7 heteroatoms. The fourth-order valence-corrected chi connectivity index (χ4v) is 0.537. The molecule has 72 valence electrons. The number of hydrogen-bond donors (Lipinski definition) is 3. The summed E-state index contributed by atoms with van der Waals surface area (Å²) >= 11 is 0. The Kier molecular flexibility index (Phi) is 2.71. The first-order valence-corrected chi connectivity index (χ1v) is 2.84. The van der Waals surface area contributed by atoms with Crippen LogP contribution in [0.4, 0.5) is 13.2 Å². The van der Waals surface area contributed by atoms with Gasteiger partial charge < -0.3 is 15.3 Å². The maximum absolute atomic E-state index is 11.8. The lowest BCUT2D eigenvalue weighted by Gasteiger charge is -2.28. The van der Waals surface area contributed by atoms with Gasteiger partial charge >= 0.3 is 12.1 Å². The first-order chi connectivity index (χ1) is 5.14. The van der Waals surface area contributed by atoms with E-state index in [0.717, 1.165) is 0 Å². The van der Waals surface area contributed by atoms with Gasteiger partial charge in [-0.05, 0) is 6.92 Å². The lowest BCUT2D eigenvalue weighted by atomic mass is 9.98. The van der Waals surface area contributed by atoms with Crippen molar-refractivity contribution in [2.75, 3.05) is 0 Å². The summed E-state index contributed by atoms with van der Waals surface area (Å²) in [6.07, 6.45) is -7.82. The first kappa shape index (κ1) is 11.2. The fourth-order valence-electron chi connectivity index (χ4n) is 0.537. The number of carboxylic acid groups (broad SMARTS) is 1. The maximum Gasteiger partial charge on any atom is 0.430 e. The van der Waals surface area contributed by atoms with Crippen molar-refractivity contribution in [2.24, 2.45) is 0 Å². The van der Waals surface area contributed by atoms with Gasteiger partial charge in [-0.2, -0.15) is 13.2 Å². The molecule has 12 heavy (non-hydrogen) atoms. The average molecular weight is 188 g/mol. The largest absolute Gasteiger partial charge is 0.479 e. The summed E-state index contributed by atoms with van der Waals surface area (Å²) in [5.74, 6) is -2.52. The van der Waals surface area contributed by atoms with Crippen molar-refractivity contribution in [3.63, 3.8) is 0 Å². The summed E-state index contributed by atoms with van der Waals surface area (Å²) in [6, 6.07) is 0. The minimum absolute atomic E-state index is 0.543. The molecule has 0 amide bonds. The quantitative estimate of drug-likeness (QED) is 0.558. The van der Waals surface area contributed by atoms with Crippen LogP contribution in [0.15, 0.2) is 0 Å². The van der Waals surface area contributed by atoms with Gasteiger partial charge in [0.05, 0.1) is 0 Å². The van der Waals surface area contributed by atoms with Crippen molar-refractivity contribution in [2.45, 2.75) is 24.8 Å². The molecule has 0 bridgehead atoms. The summed E-state index contributed by atoms with van der Waals surface area (Å²) in [4.78, 5) is 9.98. The van der Waals surface area contributed by atoms with Crippen LogP contribution >= 0.6 is 0 Å². The molecule has 4 nitrogen and oxygen atoms in total. The summed E-state index contributed by atoms with van der Waals surface area (Å²) in [6.45, 7) is 0.543. The van der Waals surface area contributed by atoms with E-state index in [0.29, 0.717) is 6.92 Å². The van der Waals surface area contributed by atoms with Gasteiger partial charge in [0.2, 0.25) is 0 Å². The van der Waals surface area contributed by atoms with Crippen molar-refractivity contribution in [1.29, 1.82) is 0 Å². The second-order valence-corrected chi connectivity index (χ2v) is 2.25. The molecule has 0 aliphatic rings. The Morgan fingerprint density at radius 2 is 1.75 bits per heavy atom. The molecule has 0 aromatic heterocycles. The number of carbonyl (C=O) groups is 1. The van der Waals surface area contributed by atoms with Gasteiger partial charge in [-0.15, -0.1) is 0 Å². The fraction of sp³-hybridized carbons (Fsp3) is 0.800. The van der Waals surface area contributed by atoms with E-state index in [1.165, 1.54) is 0 Å². The van der Waals surface area contributed by atoms with E-state index in [-0.39, 0.29) is 0 Å². The Balaban J connectivity index is 5.02. The van der Waals surface area contributed by atoms with Crippen molar-refractivity contribution >= 4 is 5.97 Å². The molecule has 0 aliphatic carbocycles. The van der Waals surface area contributed by atoms with Gasteiger partial charge in [-0.25, -0.2) is 4.79 Å². The molecular formula is C5H7F3O4. The van der Waals surface area contributed by atoms with Crippen LogP contribution in [0.3, 0.4) is 0 Å². The number of carboxylic acids is 1. The zero-order chi connectivity index (χ0) is 10.2. The van der Waals surface area contributed by atoms with Gasteiger partial charge in [-0.3, -0.25) is 0 Å². The Morgan fingerprint density at radius 3 is 1.75 bits per heavy atom. The molecule has 0 radical (unpaired) electrons. The van der Waals surface area contributed by atoms with Gasteiger partial charge in [0.25, 0.3) is 5.60 Å². The monoisotopic (exact) mass is 188 g/mol. The first-order valence-electron chi connectivity index (χ1n) is 2.84. The Bertz CT molecular complexity index is 188. The predicted molar refractivity (Wildman–Crippen MR) is 30.3 cm³/mol. The van der Waals surface area contributed by atoms with Crippen molar-refractivity contribution in [1.82, 2.24) is 0 Å². The highest BCUT2D eigenvalue weighted by Crippen LogP contribution is 2.33. The summed E-state index contributed by atoms with van der Waals surface area (Å²) in [7, 11) is 0.